The summed E-state index contributed by atoms with van der Waals surface area (Å²) in [4.78, 5) is 0. The summed E-state index contributed by atoms with van der Waals surface area (Å²) >= 11 is 0. The van der Waals surface area contributed by atoms with Gasteiger partial charge in [-0.1, -0.05) is 0 Å². The van der Waals surface area contributed by atoms with E-state index in [1.54, 1.807) is 0 Å². The standard InChI is InChI=1S/2C6H5.C5H5.Ti/c2*1-2-4-6-5-3-1;1-2-4-5-3-1;/h2*1-5H;1-5H;/q3*-1;+3. The first-order valence-electron chi connectivity index (χ1n) is 5.49. The molecule has 18 heavy (non-hydrogen) atoms. The SMILES string of the molecule is [Ti+3].[c-]1ccccc1.[c-]1ccccc1.c1cc[cH-]c1. The molecule has 0 aromatic heterocycles. The number of rotatable bonds is 0. The Labute approximate surface area is 125 Å². The fourth-order valence-electron chi connectivity index (χ4n) is 1.00. The third kappa shape index (κ3) is 11.0. The summed E-state index contributed by atoms with van der Waals surface area (Å²) in [6, 6.07) is 35.0. The fourth-order valence-corrected chi connectivity index (χ4v) is 1.00. The van der Waals surface area contributed by atoms with E-state index in [1.165, 1.54) is 0 Å². The Kier molecular flexibility index (Phi) is 12.4. The van der Waals surface area contributed by atoms with E-state index in [2.05, 4.69) is 12.1 Å². The van der Waals surface area contributed by atoms with E-state index < -0.39 is 0 Å². The summed E-state index contributed by atoms with van der Waals surface area (Å²) in [6.07, 6.45) is 0. The van der Waals surface area contributed by atoms with Gasteiger partial charge in [-0.2, -0.15) is 91.0 Å². The first kappa shape index (κ1) is 16.5. The first-order chi connectivity index (χ1) is 8.50. The van der Waals surface area contributed by atoms with Crippen LogP contribution in [0.5, 0.6) is 0 Å². The Bertz CT molecular complexity index is 316. The van der Waals surface area contributed by atoms with E-state index in [4.69, 9.17) is 0 Å². The maximum Gasteiger partial charge on any atom is 3.00 e. The van der Waals surface area contributed by atoms with Crippen molar-refractivity contribution in [2.75, 3.05) is 0 Å². The Morgan fingerprint density at radius 2 is 0.889 bits per heavy atom. The van der Waals surface area contributed by atoms with E-state index in [-0.39, 0.29) is 21.7 Å². The Morgan fingerprint density at radius 3 is 1.00 bits per heavy atom. The number of hydrogen-bond donors (Lipinski definition) is 0. The van der Waals surface area contributed by atoms with Gasteiger partial charge in [0, 0.05) is 0 Å². The Balaban J connectivity index is 0.000000235. The molecule has 1 heteroatoms. The van der Waals surface area contributed by atoms with Gasteiger partial charge in [-0.05, 0) is 0 Å². The zero-order valence-corrected chi connectivity index (χ0v) is 11.7. The molecule has 0 aliphatic carbocycles. The van der Waals surface area contributed by atoms with Crippen LogP contribution in [0.3, 0.4) is 0 Å². The molecular weight excluding hydrogens is 252 g/mol. The zero-order valence-electron chi connectivity index (χ0n) is 10.2. The van der Waals surface area contributed by atoms with Crippen molar-refractivity contribution < 1.29 is 21.7 Å². The molecule has 0 unspecified atom stereocenters. The van der Waals surface area contributed by atoms with E-state index in [0.29, 0.717) is 0 Å². The molecule has 0 bridgehead atoms. The maximum atomic E-state index is 2.89. The average Bonchev–Trinajstić information content (AvgIpc) is 3.03. The minimum Gasteiger partial charge on any atom is -0.214 e. The predicted molar refractivity (Wildman–Crippen MR) is 72.6 cm³/mol. The molecule has 0 amide bonds. The molecule has 87 valence electrons. The van der Waals surface area contributed by atoms with Crippen molar-refractivity contribution in [3.05, 3.63) is 103 Å². The van der Waals surface area contributed by atoms with Crippen molar-refractivity contribution in [2.24, 2.45) is 0 Å². The van der Waals surface area contributed by atoms with Crippen molar-refractivity contribution in [3.63, 3.8) is 0 Å². The van der Waals surface area contributed by atoms with E-state index >= 15 is 0 Å². The summed E-state index contributed by atoms with van der Waals surface area (Å²) in [7, 11) is 0. The third-order valence-electron chi connectivity index (χ3n) is 1.77. The number of benzene rings is 2. The van der Waals surface area contributed by atoms with Gasteiger partial charge in [0.15, 0.2) is 0 Å². The summed E-state index contributed by atoms with van der Waals surface area (Å²) in [6.45, 7) is 0. The van der Waals surface area contributed by atoms with Gasteiger partial charge < -0.3 is 0 Å². The van der Waals surface area contributed by atoms with Gasteiger partial charge in [-0.3, -0.25) is 0 Å². The first-order valence-corrected chi connectivity index (χ1v) is 5.49. The Hall–Kier alpha value is -1.50. The normalized spacial score (nSPS) is 7.56. The quantitative estimate of drug-likeness (QED) is 0.419. The smallest absolute Gasteiger partial charge is 0.214 e. The van der Waals surface area contributed by atoms with Crippen LogP contribution in [0, 0.1) is 12.1 Å². The molecule has 1 radical (unpaired) electrons. The molecule has 0 nitrogen and oxygen atoms in total. The Morgan fingerprint density at radius 1 is 0.500 bits per heavy atom. The van der Waals surface area contributed by atoms with Crippen LogP contribution in [-0.4, -0.2) is 0 Å². The second kappa shape index (κ2) is 13.6. The van der Waals surface area contributed by atoms with E-state index in [0.717, 1.165) is 0 Å². The van der Waals surface area contributed by atoms with Crippen LogP contribution < -0.4 is 0 Å². The van der Waals surface area contributed by atoms with Gasteiger partial charge >= 0.3 is 21.7 Å². The zero-order chi connectivity index (χ0) is 12.0. The average molecular weight is 267 g/mol. The molecule has 0 aliphatic heterocycles. The minimum absolute atomic E-state index is 0. The molecule has 0 aliphatic rings. The van der Waals surface area contributed by atoms with Gasteiger partial charge in [-0.15, -0.1) is 0 Å². The largest absolute Gasteiger partial charge is 3.00 e. The molecule has 3 rings (SSSR count). The summed E-state index contributed by atoms with van der Waals surface area (Å²) in [5.74, 6) is 0. The molecule has 0 saturated heterocycles. The molecule has 0 atom stereocenters. The monoisotopic (exact) mass is 267 g/mol. The van der Waals surface area contributed by atoms with Crippen molar-refractivity contribution in [1.29, 1.82) is 0 Å². The molecule has 0 N–H and O–H groups in total. The molecule has 0 fully saturated rings. The van der Waals surface area contributed by atoms with Gasteiger partial charge in [0.25, 0.3) is 0 Å². The van der Waals surface area contributed by atoms with Crippen molar-refractivity contribution in [3.8, 4) is 0 Å². The van der Waals surface area contributed by atoms with Gasteiger partial charge in [0.05, 0.1) is 0 Å². The van der Waals surface area contributed by atoms with Crippen LogP contribution in [0.2, 0.25) is 0 Å². The maximum absolute atomic E-state index is 2.89. The van der Waals surface area contributed by atoms with E-state index in [9.17, 15) is 0 Å². The topological polar surface area (TPSA) is 0 Å². The summed E-state index contributed by atoms with van der Waals surface area (Å²) in [5.41, 5.74) is 0. The second-order valence-electron chi connectivity index (χ2n) is 3.12. The predicted octanol–water partition coefficient (Wildman–Crippen LogP) is 4.38. The third-order valence-corrected chi connectivity index (χ3v) is 1.77. The van der Waals surface area contributed by atoms with Crippen molar-refractivity contribution in [1.82, 2.24) is 0 Å². The van der Waals surface area contributed by atoms with E-state index in [1.807, 2.05) is 91.0 Å². The minimum atomic E-state index is 0. The van der Waals surface area contributed by atoms with Crippen LogP contribution in [0.1, 0.15) is 0 Å². The van der Waals surface area contributed by atoms with Crippen LogP contribution >= 0.6 is 0 Å². The van der Waals surface area contributed by atoms with Crippen molar-refractivity contribution >= 4 is 0 Å². The molecular formula is C17H15Ti. The molecule has 3 aromatic rings. The van der Waals surface area contributed by atoms with Crippen LogP contribution in [0.25, 0.3) is 0 Å². The van der Waals surface area contributed by atoms with Crippen LogP contribution in [0.4, 0.5) is 0 Å². The summed E-state index contributed by atoms with van der Waals surface area (Å²) < 4.78 is 0. The number of hydrogen-bond acceptors (Lipinski definition) is 0. The van der Waals surface area contributed by atoms with Crippen LogP contribution in [-0.2, 0) is 21.7 Å². The van der Waals surface area contributed by atoms with Gasteiger partial charge in [0.2, 0.25) is 0 Å². The summed E-state index contributed by atoms with van der Waals surface area (Å²) in [5, 5.41) is 0. The van der Waals surface area contributed by atoms with Gasteiger partial charge in [-0.25, -0.2) is 12.1 Å². The molecule has 0 heterocycles. The fraction of sp³-hybridized carbons (Fsp3) is 0. The van der Waals surface area contributed by atoms with Gasteiger partial charge in [0.1, 0.15) is 0 Å². The second-order valence-corrected chi connectivity index (χ2v) is 3.12. The molecule has 0 spiro atoms. The van der Waals surface area contributed by atoms with Crippen LogP contribution in [0.15, 0.2) is 91.0 Å². The molecule has 0 saturated carbocycles. The molecule has 3 aromatic carbocycles. The van der Waals surface area contributed by atoms with Crippen molar-refractivity contribution in [2.45, 2.75) is 0 Å².